The maximum absolute atomic E-state index is 4.49. The second-order valence-electron chi connectivity index (χ2n) is 2.12. The molecule has 0 aromatic rings. The van der Waals surface area contributed by atoms with E-state index < -0.39 is 9.65 Å². The molecule has 10 heavy (non-hydrogen) atoms. The van der Waals surface area contributed by atoms with Crippen LogP contribution < -0.4 is 0 Å². The summed E-state index contributed by atoms with van der Waals surface area (Å²) < 4.78 is 0. The molecular weight excluding hydrogens is 199 g/mol. The van der Waals surface area contributed by atoms with Crippen molar-refractivity contribution in [2.75, 3.05) is 17.3 Å². The fourth-order valence-electron chi connectivity index (χ4n) is 0.959. The van der Waals surface area contributed by atoms with Gasteiger partial charge in [-0.1, -0.05) is 20.8 Å². The molecule has 0 aromatic heterocycles. The van der Waals surface area contributed by atoms with Crippen molar-refractivity contribution in [2.45, 2.75) is 20.8 Å². The van der Waals surface area contributed by atoms with Gasteiger partial charge in [0, 0.05) is 5.53 Å². The Bertz CT molecular complexity index is 82.7. The molecule has 0 heterocycles. The van der Waals surface area contributed by atoms with Crippen LogP contribution in [0.4, 0.5) is 0 Å². The molecule has 0 bridgehead atoms. The molecule has 0 fully saturated rings. The molecule has 64 valence electrons. The first-order valence-corrected chi connectivity index (χ1v) is 9.96. The standard InChI is InChI=1S/C6H17PS3/c1-4-10(5-2,6-3)7(8)9/h8-9H,4-6H2,1-3H3. The van der Waals surface area contributed by atoms with Gasteiger partial charge in [0.25, 0.3) is 0 Å². The molecule has 0 spiro atoms. The third kappa shape index (κ3) is 2.51. The van der Waals surface area contributed by atoms with Gasteiger partial charge in [-0.25, -0.2) is 9.65 Å². The Morgan fingerprint density at radius 2 is 1.30 bits per heavy atom. The Hall–Kier alpha value is 1.48. The summed E-state index contributed by atoms with van der Waals surface area (Å²) in [6, 6.07) is 0. The van der Waals surface area contributed by atoms with Crippen LogP contribution in [0.3, 0.4) is 0 Å². The molecule has 0 aromatic carbocycles. The van der Waals surface area contributed by atoms with E-state index in [2.05, 4.69) is 45.3 Å². The van der Waals surface area contributed by atoms with Gasteiger partial charge < -0.3 is 0 Å². The third-order valence-electron chi connectivity index (χ3n) is 1.96. The van der Waals surface area contributed by atoms with Crippen LogP contribution in [0.1, 0.15) is 20.8 Å². The molecule has 0 aliphatic rings. The lowest BCUT2D eigenvalue weighted by Gasteiger charge is -2.39. The van der Waals surface area contributed by atoms with Gasteiger partial charge in [0.2, 0.25) is 0 Å². The predicted molar refractivity (Wildman–Crippen MR) is 64.1 cm³/mol. The fraction of sp³-hybridized carbons (Fsp3) is 1.00. The molecule has 0 unspecified atom stereocenters. The molecule has 0 rings (SSSR count). The van der Waals surface area contributed by atoms with Crippen LogP contribution in [-0.4, -0.2) is 17.3 Å². The summed E-state index contributed by atoms with van der Waals surface area (Å²) in [7, 11) is -0.434. The SMILES string of the molecule is CCS(CC)(CC)P(S)S. The van der Waals surface area contributed by atoms with Gasteiger partial charge in [-0.2, -0.15) is 0 Å². The van der Waals surface area contributed by atoms with E-state index in [9.17, 15) is 0 Å². The lowest BCUT2D eigenvalue weighted by Crippen LogP contribution is -2.02. The van der Waals surface area contributed by atoms with Crippen molar-refractivity contribution in [1.29, 1.82) is 0 Å². The van der Waals surface area contributed by atoms with Crippen molar-refractivity contribution in [3.05, 3.63) is 0 Å². The first-order chi connectivity index (χ1) is 4.63. The maximum atomic E-state index is 4.49. The Morgan fingerprint density at radius 3 is 1.30 bits per heavy atom. The first kappa shape index (κ1) is 11.5. The summed E-state index contributed by atoms with van der Waals surface area (Å²) in [5, 5.41) is 0. The number of thiol groups is 2. The normalized spacial score (nSPS) is 14.2. The van der Waals surface area contributed by atoms with Crippen LogP contribution in [0.5, 0.6) is 0 Å². The Balaban J connectivity index is 4.15. The summed E-state index contributed by atoms with van der Waals surface area (Å²) in [5.74, 6) is 3.87. The van der Waals surface area contributed by atoms with Crippen molar-refractivity contribution in [1.82, 2.24) is 0 Å². The first-order valence-electron chi connectivity index (χ1n) is 3.57. The minimum absolute atomic E-state index is 0.276. The molecule has 0 amide bonds. The van der Waals surface area contributed by atoms with Crippen LogP contribution in [0.25, 0.3) is 0 Å². The summed E-state index contributed by atoms with van der Waals surface area (Å²) in [4.78, 5) is 0. The average Bonchev–Trinajstić information content (AvgIpc) is 1.92. The number of hydrogen-bond donors (Lipinski definition) is 2. The van der Waals surface area contributed by atoms with Crippen LogP contribution >= 0.6 is 39.7 Å². The second-order valence-corrected chi connectivity index (χ2v) is 14.7. The van der Waals surface area contributed by atoms with Gasteiger partial charge in [0.05, 0.1) is 0 Å². The number of rotatable bonds is 4. The Morgan fingerprint density at radius 1 is 1.00 bits per heavy atom. The molecular formula is C6H17PS3. The van der Waals surface area contributed by atoms with Gasteiger partial charge in [-0.15, -0.1) is 24.5 Å². The van der Waals surface area contributed by atoms with E-state index in [0.29, 0.717) is 0 Å². The molecule has 0 radical (unpaired) electrons. The highest BCUT2D eigenvalue weighted by Crippen LogP contribution is 2.80. The van der Waals surface area contributed by atoms with Crippen molar-refractivity contribution in [3.8, 4) is 0 Å². The van der Waals surface area contributed by atoms with E-state index in [1.807, 2.05) is 0 Å². The van der Waals surface area contributed by atoms with E-state index in [4.69, 9.17) is 0 Å². The zero-order valence-corrected chi connectivity index (χ0v) is 10.4. The van der Waals surface area contributed by atoms with E-state index >= 15 is 0 Å². The van der Waals surface area contributed by atoms with Crippen molar-refractivity contribution in [3.63, 3.8) is 0 Å². The second kappa shape index (κ2) is 5.18. The highest BCUT2D eigenvalue weighted by molar-refractivity contribution is 9.14. The molecule has 0 aliphatic carbocycles. The van der Waals surface area contributed by atoms with Crippen molar-refractivity contribution >= 4 is 39.7 Å². The highest BCUT2D eigenvalue weighted by atomic mass is 33.4. The van der Waals surface area contributed by atoms with E-state index in [0.717, 1.165) is 0 Å². The van der Waals surface area contributed by atoms with E-state index in [1.54, 1.807) is 0 Å². The quantitative estimate of drug-likeness (QED) is 0.516. The molecule has 0 saturated heterocycles. The van der Waals surface area contributed by atoms with Gasteiger partial charge in [0.1, 0.15) is 0 Å². The van der Waals surface area contributed by atoms with Crippen LogP contribution in [0.2, 0.25) is 0 Å². The Kier molecular flexibility index (Phi) is 5.95. The maximum Gasteiger partial charge on any atom is 0.0490 e. The topological polar surface area (TPSA) is 0 Å². The lowest BCUT2D eigenvalue weighted by atomic mass is 10.9. The molecule has 0 saturated carbocycles. The van der Waals surface area contributed by atoms with Gasteiger partial charge in [-0.3, -0.25) is 0 Å². The van der Waals surface area contributed by atoms with E-state index in [-0.39, 0.29) is 5.53 Å². The van der Waals surface area contributed by atoms with E-state index in [1.165, 1.54) is 17.3 Å². The summed E-state index contributed by atoms with van der Waals surface area (Å²) in [6.07, 6.45) is 0. The minimum Gasteiger partial charge on any atom is -0.204 e. The molecule has 0 atom stereocenters. The molecule has 0 nitrogen and oxygen atoms in total. The summed E-state index contributed by atoms with van der Waals surface area (Å²) in [5.41, 5.74) is -0.276. The van der Waals surface area contributed by atoms with Crippen LogP contribution in [0.15, 0.2) is 0 Å². The third-order valence-corrected chi connectivity index (χ3v) is 16.5. The lowest BCUT2D eigenvalue weighted by molar-refractivity contribution is 1.37. The minimum atomic E-state index is -0.434. The zero-order chi connectivity index (χ0) is 8.20. The van der Waals surface area contributed by atoms with Gasteiger partial charge in [0.15, 0.2) is 0 Å². The van der Waals surface area contributed by atoms with Crippen LogP contribution in [-0.2, 0) is 0 Å². The predicted octanol–water partition coefficient (Wildman–Crippen LogP) is 3.94. The van der Waals surface area contributed by atoms with Crippen molar-refractivity contribution in [2.24, 2.45) is 0 Å². The van der Waals surface area contributed by atoms with Gasteiger partial charge in [-0.05, 0) is 17.3 Å². The Labute approximate surface area is 77.7 Å². The van der Waals surface area contributed by atoms with Crippen molar-refractivity contribution < 1.29 is 0 Å². The molecule has 0 aliphatic heterocycles. The number of hydrogen-bond acceptors (Lipinski definition) is 2. The summed E-state index contributed by atoms with van der Waals surface area (Å²) in [6.45, 7) is 6.80. The average molecular weight is 216 g/mol. The van der Waals surface area contributed by atoms with Crippen LogP contribution in [0, 0.1) is 0 Å². The summed E-state index contributed by atoms with van der Waals surface area (Å²) >= 11 is 8.97. The highest BCUT2D eigenvalue weighted by Gasteiger charge is 2.22. The monoisotopic (exact) mass is 216 g/mol. The molecule has 4 heteroatoms. The largest absolute Gasteiger partial charge is 0.204 e. The zero-order valence-electron chi connectivity index (χ0n) is 6.87. The smallest absolute Gasteiger partial charge is 0.0490 e. The molecule has 0 N–H and O–H groups in total. The van der Waals surface area contributed by atoms with Gasteiger partial charge >= 0.3 is 0 Å². The fourth-order valence-corrected chi connectivity index (χ4v) is 11.2.